The highest BCUT2D eigenvalue weighted by Gasteiger charge is 1.99. The maximum absolute atomic E-state index is 10.6. The minimum Gasteiger partial charge on any atom is -0.465 e. The van der Waals surface area contributed by atoms with Crippen LogP contribution in [0.1, 0.15) is 25.7 Å². The average Bonchev–Trinajstić information content (AvgIpc) is 2.31. The van der Waals surface area contributed by atoms with Crippen molar-refractivity contribution in [3.63, 3.8) is 0 Å². The quantitative estimate of drug-likeness (QED) is 0.472. The second-order valence-electron chi connectivity index (χ2n) is 3.26. The zero-order valence-electron chi connectivity index (χ0n) is 10.3. The Morgan fingerprint density at radius 2 is 1.06 bits per heavy atom. The number of esters is 2. The van der Waals surface area contributed by atoms with Crippen LogP contribution in [0.15, 0.2) is 0 Å². The van der Waals surface area contributed by atoms with Crippen molar-refractivity contribution in [3.05, 3.63) is 0 Å². The van der Waals surface area contributed by atoms with E-state index in [1.165, 1.54) is 0 Å². The van der Waals surface area contributed by atoms with Gasteiger partial charge >= 0.3 is 11.9 Å². The van der Waals surface area contributed by atoms with E-state index in [0.717, 1.165) is 25.7 Å². The number of carbonyl (C=O) groups is 2. The van der Waals surface area contributed by atoms with Gasteiger partial charge in [0.2, 0.25) is 0 Å². The molecule has 0 bridgehead atoms. The minimum absolute atomic E-state index is 0. The Morgan fingerprint density at radius 3 is 1.33 bits per heavy atom. The fourth-order valence-electron chi connectivity index (χ4n) is 1.05. The van der Waals surface area contributed by atoms with Crippen molar-refractivity contribution < 1.29 is 19.1 Å². The maximum Gasteiger partial charge on any atom is 0.319 e. The molecule has 0 aliphatic heterocycles. The van der Waals surface area contributed by atoms with Crippen LogP contribution in [0.2, 0.25) is 0 Å². The highest BCUT2D eigenvalue weighted by Crippen LogP contribution is 2.00. The monoisotopic (exact) mass is 304 g/mol. The van der Waals surface area contributed by atoms with Gasteiger partial charge in [-0.25, -0.2) is 0 Å². The Morgan fingerprint density at radius 1 is 0.722 bits per heavy atom. The number of ether oxygens (including phenoxy) is 2. The summed E-state index contributed by atoms with van der Waals surface area (Å²) in [4.78, 5) is 21.3. The molecule has 0 aromatic rings. The number of hydrogen-bond acceptors (Lipinski definition) is 6. The van der Waals surface area contributed by atoms with Crippen molar-refractivity contribution in [1.82, 2.24) is 0 Å². The van der Waals surface area contributed by atoms with Gasteiger partial charge in [0.15, 0.2) is 0 Å². The fourth-order valence-corrected chi connectivity index (χ4v) is 1.05. The van der Waals surface area contributed by atoms with Crippen molar-refractivity contribution in [2.45, 2.75) is 25.7 Å². The van der Waals surface area contributed by atoms with Crippen molar-refractivity contribution >= 4 is 36.8 Å². The number of halogens is 2. The molecule has 0 aromatic heterocycles. The van der Waals surface area contributed by atoms with Crippen LogP contribution in [0.5, 0.6) is 0 Å². The lowest BCUT2D eigenvalue weighted by Crippen LogP contribution is -2.17. The van der Waals surface area contributed by atoms with Crippen molar-refractivity contribution in [3.8, 4) is 0 Å². The Kier molecular flexibility index (Phi) is 20.6. The SMILES string of the molecule is Cl.Cl.NCC(=O)OCCCCCCOC(=O)CN. The molecule has 0 rings (SSSR count). The zero-order valence-corrected chi connectivity index (χ0v) is 11.9. The van der Waals surface area contributed by atoms with E-state index in [4.69, 9.17) is 20.9 Å². The highest BCUT2D eigenvalue weighted by molar-refractivity contribution is 5.85. The van der Waals surface area contributed by atoms with E-state index in [2.05, 4.69) is 0 Å². The van der Waals surface area contributed by atoms with Gasteiger partial charge in [-0.2, -0.15) is 0 Å². The van der Waals surface area contributed by atoms with E-state index in [9.17, 15) is 9.59 Å². The molecule has 0 amide bonds. The summed E-state index contributed by atoms with van der Waals surface area (Å²) in [6.45, 7) is 0.654. The van der Waals surface area contributed by atoms with E-state index >= 15 is 0 Å². The Labute approximate surface area is 120 Å². The molecule has 0 spiro atoms. The zero-order chi connectivity index (χ0) is 12.2. The lowest BCUT2D eigenvalue weighted by molar-refractivity contribution is -0.143. The second kappa shape index (κ2) is 16.4. The van der Waals surface area contributed by atoms with Crippen molar-refractivity contribution in [2.24, 2.45) is 11.5 Å². The first kappa shape index (κ1) is 22.6. The summed E-state index contributed by atoms with van der Waals surface area (Å²) >= 11 is 0. The van der Waals surface area contributed by atoms with Crippen LogP contribution in [0.25, 0.3) is 0 Å². The maximum atomic E-state index is 10.6. The Hall–Kier alpha value is -0.560. The normalized spacial score (nSPS) is 8.78. The largest absolute Gasteiger partial charge is 0.465 e. The summed E-state index contributed by atoms with van der Waals surface area (Å²) in [7, 11) is 0. The number of unbranched alkanes of at least 4 members (excludes halogenated alkanes) is 3. The molecule has 0 atom stereocenters. The predicted octanol–water partition coefficient (Wildman–Crippen LogP) is 0.394. The van der Waals surface area contributed by atoms with E-state index in [1.807, 2.05) is 0 Å². The molecular weight excluding hydrogens is 283 g/mol. The molecule has 0 heterocycles. The van der Waals surface area contributed by atoms with Gasteiger partial charge in [-0.15, -0.1) is 24.8 Å². The number of hydrogen-bond donors (Lipinski definition) is 2. The van der Waals surface area contributed by atoms with E-state index < -0.39 is 0 Å². The molecule has 0 saturated carbocycles. The van der Waals surface area contributed by atoms with Gasteiger partial charge in [0.1, 0.15) is 0 Å². The molecule has 0 saturated heterocycles. The average molecular weight is 305 g/mol. The number of carbonyl (C=O) groups excluding carboxylic acids is 2. The summed E-state index contributed by atoms with van der Waals surface area (Å²) in [5.74, 6) is -0.756. The summed E-state index contributed by atoms with van der Waals surface area (Å²) in [5.41, 5.74) is 10.1. The van der Waals surface area contributed by atoms with E-state index in [1.54, 1.807) is 0 Å². The molecule has 0 unspecified atom stereocenters. The standard InChI is InChI=1S/C10H20N2O4.2ClH/c11-7-9(13)15-5-3-1-2-4-6-16-10(14)8-12;;/h1-8,11-12H2;2*1H. The van der Waals surface area contributed by atoms with Gasteiger partial charge in [-0.05, 0) is 25.7 Å². The van der Waals surface area contributed by atoms with E-state index in [0.29, 0.717) is 13.2 Å². The van der Waals surface area contributed by atoms with E-state index in [-0.39, 0.29) is 49.8 Å². The smallest absolute Gasteiger partial charge is 0.319 e. The minimum atomic E-state index is -0.378. The molecular formula is C10H22Cl2N2O4. The number of nitrogens with two attached hydrogens (primary N) is 2. The third kappa shape index (κ3) is 15.4. The molecule has 0 fully saturated rings. The molecule has 0 aliphatic rings. The molecule has 18 heavy (non-hydrogen) atoms. The van der Waals surface area contributed by atoms with Crippen LogP contribution in [0.3, 0.4) is 0 Å². The molecule has 6 nitrogen and oxygen atoms in total. The van der Waals surface area contributed by atoms with Gasteiger partial charge < -0.3 is 20.9 Å². The van der Waals surface area contributed by atoms with Gasteiger partial charge in [-0.1, -0.05) is 0 Å². The molecule has 0 aliphatic carbocycles. The topological polar surface area (TPSA) is 105 Å². The summed E-state index contributed by atoms with van der Waals surface area (Å²) < 4.78 is 9.58. The number of rotatable bonds is 9. The molecule has 110 valence electrons. The highest BCUT2D eigenvalue weighted by atomic mass is 35.5. The molecule has 0 aromatic carbocycles. The van der Waals surface area contributed by atoms with Crippen LogP contribution in [0.4, 0.5) is 0 Å². The Balaban J connectivity index is -0.00000112. The fraction of sp³-hybridized carbons (Fsp3) is 0.800. The first-order chi connectivity index (χ1) is 7.70. The summed E-state index contributed by atoms with van der Waals surface area (Å²) in [5, 5.41) is 0. The molecule has 4 N–H and O–H groups in total. The Bertz CT molecular complexity index is 196. The third-order valence-corrected chi connectivity index (χ3v) is 1.90. The van der Waals surface area contributed by atoms with Gasteiger partial charge in [-0.3, -0.25) is 9.59 Å². The lowest BCUT2D eigenvalue weighted by Gasteiger charge is -2.04. The van der Waals surface area contributed by atoms with Crippen LogP contribution in [-0.2, 0) is 19.1 Å². The van der Waals surface area contributed by atoms with Crippen LogP contribution < -0.4 is 11.5 Å². The van der Waals surface area contributed by atoms with Crippen molar-refractivity contribution in [1.29, 1.82) is 0 Å². The first-order valence-electron chi connectivity index (χ1n) is 5.42. The predicted molar refractivity (Wildman–Crippen MR) is 73.0 cm³/mol. The lowest BCUT2D eigenvalue weighted by atomic mass is 10.2. The van der Waals surface area contributed by atoms with Gasteiger partial charge in [0.25, 0.3) is 0 Å². The van der Waals surface area contributed by atoms with Crippen LogP contribution in [0, 0.1) is 0 Å². The molecule has 8 heteroatoms. The molecule has 0 radical (unpaired) electrons. The van der Waals surface area contributed by atoms with Gasteiger partial charge in [0, 0.05) is 0 Å². The first-order valence-corrected chi connectivity index (χ1v) is 5.42. The van der Waals surface area contributed by atoms with Crippen LogP contribution in [-0.4, -0.2) is 38.2 Å². The third-order valence-electron chi connectivity index (χ3n) is 1.90. The summed E-state index contributed by atoms with van der Waals surface area (Å²) in [6, 6.07) is 0. The van der Waals surface area contributed by atoms with Gasteiger partial charge in [0.05, 0.1) is 26.3 Å². The summed E-state index contributed by atoms with van der Waals surface area (Å²) in [6.07, 6.45) is 3.46. The van der Waals surface area contributed by atoms with Crippen molar-refractivity contribution in [2.75, 3.05) is 26.3 Å². The van der Waals surface area contributed by atoms with Crippen LogP contribution >= 0.6 is 24.8 Å². The second-order valence-corrected chi connectivity index (χ2v) is 3.26.